The minimum atomic E-state index is 0.0690. The van der Waals surface area contributed by atoms with E-state index in [-0.39, 0.29) is 5.91 Å². The zero-order chi connectivity index (χ0) is 13.1. The quantitative estimate of drug-likeness (QED) is 0.815. The standard InChI is InChI=1S/C15H18N2O/c1-11-8-12(2)10-13(9-11)15(18)17(7-3-6-16)14-4-5-14/h8-10,14H,3-5,7H2,1-2H3. The number of hydrogen-bond donors (Lipinski definition) is 0. The summed E-state index contributed by atoms with van der Waals surface area (Å²) in [4.78, 5) is 14.3. The van der Waals surface area contributed by atoms with Crippen molar-refractivity contribution >= 4 is 5.91 Å². The number of rotatable bonds is 4. The van der Waals surface area contributed by atoms with Crippen LogP contribution in [0.5, 0.6) is 0 Å². The van der Waals surface area contributed by atoms with Crippen LogP contribution in [-0.2, 0) is 0 Å². The van der Waals surface area contributed by atoms with Gasteiger partial charge in [0.2, 0.25) is 0 Å². The van der Waals surface area contributed by atoms with E-state index in [1.807, 2.05) is 30.9 Å². The van der Waals surface area contributed by atoms with Crippen LogP contribution in [0, 0.1) is 25.2 Å². The van der Waals surface area contributed by atoms with Gasteiger partial charge in [-0.2, -0.15) is 5.26 Å². The fourth-order valence-electron chi connectivity index (χ4n) is 2.27. The third kappa shape index (κ3) is 2.89. The van der Waals surface area contributed by atoms with Gasteiger partial charge >= 0.3 is 0 Å². The number of nitrogens with zero attached hydrogens (tertiary/aromatic N) is 2. The van der Waals surface area contributed by atoms with Gasteiger partial charge in [-0.05, 0) is 38.8 Å². The summed E-state index contributed by atoms with van der Waals surface area (Å²) in [7, 11) is 0. The average Bonchev–Trinajstić information content (AvgIpc) is 3.12. The topological polar surface area (TPSA) is 44.1 Å². The van der Waals surface area contributed by atoms with Gasteiger partial charge in [0.25, 0.3) is 5.91 Å². The molecule has 1 aromatic carbocycles. The Morgan fingerprint density at radius 1 is 1.33 bits per heavy atom. The summed E-state index contributed by atoms with van der Waals surface area (Å²) in [6.07, 6.45) is 2.55. The average molecular weight is 242 g/mol. The van der Waals surface area contributed by atoms with Gasteiger partial charge in [-0.1, -0.05) is 17.2 Å². The molecule has 0 atom stereocenters. The van der Waals surface area contributed by atoms with Crippen LogP contribution in [-0.4, -0.2) is 23.4 Å². The van der Waals surface area contributed by atoms with Crippen LogP contribution < -0.4 is 0 Å². The molecule has 1 aromatic rings. The van der Waals surface area contributed by atoms with Gasteiger partial charge in [-0.25, -0.2) is 0 Å². The normalized spacial score (nSPS) is 14.1. The second kappa shape index (κ2) is 5.22. The van der Waals surface area contributed by atoms with Gasteiger partial charge in [0.05, 0.1) is 12.5 Å². The molecule has 0 radical (unpaired) electrons. The Labute approximate surface area is 108 Å². The molecule has 0 heterocycles. The molecule has 1 saturated carbocycles. The van der Waals surface area contributed by atoms with E-state index in [1.165, 1.54) is 0 Å². The maximum Gasteiger partial charge on any atom is 0.254 e. The molecule has 0 spiro atoms. The summed E-state index contributed by atoms with van der Waals surface area (Å²) in [5.74, 6) is 0.0690. The minimum Gasteiger partial charge on any atom is -0.335 e. The summed E-state index contributed by atoms with van der Waals surface area (Å²) in [6.45, 7) is 4.55. The Hall–Kier alpha value is -1.82. The lowest BCUT2D eigenvalue weighted by atomic mass is 10.1. The summed E-state index contributed by atoms with van der Waals surface area (Å²) < 4.78 is 0. The first-order valence-corrected chi connectivity index (χ1v) is 6.38. The number of carbonyl (C=O) groups excluding carboxylic acids is 1. The molecule has 0 aliphatic heterocycles. The highest BCUT2D eigenvalue weighted by atomic mass is 16.2. The molecule has 0 aromatic heterocycles. The van der Waals surface area contributed by atoms with Crippen molar-refractivity contribution in [1.29, 1.82) is 5.26 Å². The maximum absolute atomic E-state index is 12.5. The van der Waals surface area contributed by atoms with E-state index < -0.39 is 0 Å². The highest BCUT2D eigenvalue weighted by molar-refractivity contribution is 5.95. The van der Waals surface area contributed by atoms with Crippen LogP contribution in [0.15, 0.2) is 18.2 Å². The van der Waals surface area contributed by atoms with Crippen LogP contribution in [0.2, 0.25) is 0 Å². The number of amides is 1. The van der Waals surface area contributed by atoms with Crippen LogP contribution in [0.4, 0.5) is 0 Å². The van der Waals surface area contributed by atoms with Crippen molar-refractivity contribution < 1.29 is 4.79 Å². The molecule has 18 heavy (non-hydrogen) atoms. The molecule has 1 aliphatic rings. The summed E-state index contributed by atoms with van der Waals surface area (Å²) >= 11 is 0. The molecule has 1 fully saturated rings. The Bertz CT molecular complexity index is 477. The van der Waals surface area contributed by atoms with E-state index in [0.29, 0.717) is 19.0 Å². The first kappa shape index (κ1) is 12.6. The van der Waals surface area contributed by atoms with E-state index >= 15 is 0 Å². The van der Waals surface area contributed by atoms with E-state index in [4.69, 9.17) is 5.26 Å². The van der Waals surface area contributed by atoms with Crippen LogP contribution in [0.25, 0.3) is 0 Å². The molecule has 0 saturated heterocycles. The van der Waals surface area contributed by atoms with E-state index in [2.05, 4.69) is 12.1 Å². The second-order valence-corrected chi connectivity index (χ2v) is 5.01. The summed E-state index contributed by atoms with van der Waals surface area (Å²) in [5, 5.41) is 8.67. The molecule has 94 valence electrons. The number of benzene rings is 1. The fourth-order valence-corrected chi connectivity index (χ4v) is 2.27. The third-order valence-electron chi connectivity index (χ3n) is 3.18. The van der Waals surface area contributed by atoms with Gasteiger partial charge in [-0.15, -0.1) is 0 Å². The number of nitriles is 1. The van der Waals surface area contributed by atoms with Crippen LogP contribution in [0.1, 0.15) is 40.7 Å². The maximum atomic E-state index is 12.5. The Balaban J connectivity index is 2.19. The van der Waals surface area contributed by atoms with E-state index in [9.17, 15) is 4.79 Å². The predicted octanol–water partition coefficient (Wildman–Crippen LogP) is 2.82. The molecule has 1 aliphatic carbocycles. The van der Waals surface area contributed by atoms with Crippen molar-refractivity contribution in [2.75, 3.05) is 6.54 Å². The number of hydrogen-bond acceptors (Lipinski definition) is 2. The zero-order valence-corrected chi connectivity index (χ0v) is 10.9. The molecule has 0 N–H and O–H groups in total. The van der Waals surface area contributed by atoms with Gasteiger partial charge in [-0.3, -0.25) is 4.79 Å². The predicted molar refractivity (Wildman–Crippen MR) is 70.2 cm³/mol. The van der Waals surface area contributed by atoms with Crippen LogP contribution >= 0.6 is 0 Å². The van der Waals surface area contributed by atoms with Crippen LogP contribution in [0.3, 0.4) is 0 Å². The lowest BCUT2D eigenvalue weighted by Gasteiger charge is -2.21. The zero-order valence-electron chi connectivity index (χ0n) is 10.9. The number of carbonyl (C=O) groups is 1. The lowest BCUT2D eigenvalue weighted by Crippen LogP contribution is -2.34. The molecule has 3 heteroatoms. The van der Waals surface area contributed by atoms with Crippen molar-refractivity contribution in [3.8, 4) is 6.07 Å². The Morgan fingerprint density at radius 3 is 2.44 bits per heavy atom. The molecule has 2 rings (SSSR count). The molecule has 3 nitrogen and oxygen atoms in total. The molecule has 0 unspecified atom stereocenters. The van der Waals surface area contributed by atoms with Gasteiger partial charge in [0, 0.05) is 18.2 Å². The van der Waals surface area contributed by atoms with Gasteiger partial charge < -0.3 is 4.90 Å². The Kier molecular flexibility index (Phi) is 3.66. The smallest absolute Gasteiger partial charge is 0.254 e. The Morgan fingerprint density at radius 2 is 1.94 bits per heavy atom. The van der Waals surface area contributed by atoms with Crippen molar-refractivity contribution in [3.05, 3.63) is 34.9 Å². The minimum absolute atomic E-state index is 0.0690. The second-order valence-electron chi connectivity index (χ2n) is 5.01. The first-order valence-electron chi connectivity index (χ1n) is 6.38. The highest BCUT2D eigenvalue weighted by Crippen LogP contribution is 2.28. The summed E-state index contributed by atoms with van der Waals surface area (Å²) in [5.41, 5.74) is 2.96. The van der Waals surface area contributed by atoms with E-state index in [1.54, 1.807) is 0 Å². The summed E-state index contributed by atoms with van der Waals surface area (Å²) in [6, 6.07) is 8.39. The van der Waals surface area contributed by atoms with Crippen molar-refractivity contribution in [2.24, 2.45) is 0 Å². The molecular weight excluding hydrogens is 224 g/mol. The molecule has 0 bridgehead atoms. The lowest BCUT2D eigenvalue weighted by molar-refractivity contribution is 0.0746. The van der Waals surface area contributed by atoms with Crippen molar-refractivity contribution in [2.45, 2.75) is 39.2 Å². The highest BCUT2D eigenvalue weighted by Gasteiger charge is 2.32. The van der Waals surface area contributed by atoms with E-state index in [0.717, 1.165) is 29.5 Å². The molecule has 1 amide bonds. The fraction of sp³-hybridized carbons (Fsp3) is 0.467. The largest absolute Gasteiger partial charge is 0.335 e. The third-order valence-corrected chi connectivity index (χ3v) is 3.18. The SMILES string of the molecule is Cc1cc(C)cc(C(=O)N(CCC#N)C2CC2)c1. The van der Waals surface area contributed by atoms with Crippen molar-refractivity contribution in [1.82, 2.24) is 4.90 Å². The van der Waals surface area contributed by atoms with Gasteiger partial charge in [0.15, 0.2) is 0 Å². The van der Waals surface area contributed by atoms with Gasteiger partial charge in [0.1, 0.15) is 0 Å². The number of aryl methyl sites for hydroxylation is 2. The molecular formula is C15H18N2O. The first-order chi connectivity index (χ1) is 8.61. The van der Waals surface area contributed by atoms with Crippen molar-refractivity contribution in [3.63, 3.8) is 0 Å². The monoisotopic (exact) mass is 242 g/mol.